The third-order valence-electron chi connectivity index (χ3n) is 5.15. The summed E-state index contributed by atoms with van der Waals surface area (Å²) in [6.07, 6.45) is 6.07. The molecule has 1 aliphatic carbocycles. The van der Waals surface area contributed by atoms with E-state index in [9.17, 15) is 4.79 Å². The maximum Gasteiger partial charge on any atom is 0.305 e. The summed E-state index contributed by atoms with van der Waals surface area (Å²) in [5, 5.41) is 3.21. The minimum absolute atomic E-state index is 0.186. The fourth-order valence-electron chi connectivity index (χ4n) is 3.63. The molecule has 0 spiro atoms. The summed E-state index contributed by atoms with van der Waals surface area (Å²) in [7, 11) is 1.43. The second-order valence-electron chi connectivity index (χ2n) is 7.02. The van der Waals surface area contributed by atoms with Crippen molar-refractivity contribution in [1.29, 1.82) is 0 Å². The lowest BCUT2D eigenvalue weighted by Gasteiger charge is -2.18. The lowest BCUT2D eigenvalue weighted by Crippen LogP contribution is -2.11. The molecule has 140 valence electrons. The van der Waals surface area contributed by atoms with Gasteiger partial charge in [0.05, 0.1) is 18.7 Å². The van der Waals surface area contributed by atoms with E-state index in [1.54, 1.807) is 0 Å². The molecule has 0 radical (unpaired) electrons. The van der Waals surface area contributed by atoms with Crippen molar-refractivity contribution in [2.45, 2.75) is 44.6 Å². The van der Waals surface area contributed by atoms with E-state index < -0.39 is 0 Å². The Labute approximate surface area is 163 Å². The minimum atomic E-state index is -0.186. The first-order valence-corrected chi connectivity index (χ1v) is 10.3. The van der Waals surface area contributed by atoms with Gasteiger partial charge in [0.1, 0.15) is 5.75 Å². The second kappa shape index (κ2) is 8.09. The summed E-state index contributed by atoms with van der Waals surface area (Å²) < 4.78 is 15.5. The topological polar surface area (TPSA) is 48.4 Å². The Morgan fingerprint density at radius 1 is 1.19 bits per heavy atom. The van der Waals surface area contributed by atoms with Crippen LogP contribution in [0, 0.1) is 0 Å². The highest BCUT2D eigenvalue weighted by Gasteiger charge is 2.19. The van der Waals surface area contributed by atoms with Crippen molar-refractivity contribution in [3.8, 4) is 16.9 Å². The van der Waals surface area contributed by atoms with Crippen LogP contribution in [0.1, 0.15) is 37.7 Å². The Hall–Kier alpha value is -2.40. The fourth-order valence-corrected chi connectivity index (χ4v) is 4.27. The second-order valence-corrected chi connectivity index (χ2v) is 7.65. The van der Waals surface area contributed by atoms with Crippen LogP contribution in [-0.4, -0.2) is 23.6 Å². The molecule has 0 saturated heterocycles. The molecule has 0 aliphatic heterocycles. The highest BCUT2D eigenvalue weighted by atomic mass is 32.1. The SMILES string of the molecule is COC(=O)CCc1ccc(OC2CCCC2)c(-c2ccc3nscc3c2)c1. The van der Waals surface area contributed by atoms with Gasteiger partial charge >= 0.3 is 5.97 Å². The summed E-state index contributed by atoms with van der Waals surface area (Å²) in [5.41, 5.74) is 4.33. The van der Waals surface area contributed by atoms with E-state index in [1.165, 1.54) is 31.5 Å². The van der Waals surface area contributed by atoms with E-state index in [2.05, 4.69) is 46.2 Å². The number of carbonyl (C=O) groups is 1. The highest BCUT2D eigenvalue weighted by molar-refractivity contribution is 7.04. The fraction of sp³-hybridized carbons (Fsp3) is 0.364. The van der Waals surface area contributed by atoms with Crippen LogP contribution in [0.25, 0.3) is 22.0 Å². The van der Waals surface area contributed by atoms with Gasteiger partial charge in [0.2, 0.25) is 0 Å². The van der Waals surface area contributed by atoms with E-state index in [4.69, 9.17) is 9.47 Å². The monoisotopic (exact) mass is 381 g/mol. The van der Waals surface area contributed by atoms with Crippen molar-refractivity contribution < 1.29 is 14.3 Å². The molecule has 0 amide bonds. The molecule has 3 aromatic rings. The largest absolute Gasteiger partial charge is 0.490 e. The summed E-state index contributed by atoms with van der Waals surface area (Å²) in [5.74, 6) is 0.736. The van der Waals surface area contributed by atoms with Crippen LogP contribution in [0.15, 0.2) is 41.8 Å². The van der Waals surface area contributed by atoms with Gasteiger partial charge in [-0.25, -0.2) is 0 Å². The first-order chi connectivity index (χ1) is 13.2. The Kier molecular flexibility index (Phi) is 5.39. The van der Waals surface area contributed by atoms with Gasteiger partial charge in [-0.2, -0.15) is 4.37 Å². The number of fused-ring (bicyclic) bond motifs is 1. The predicted molar refractivity (Wildman–Crippen MR) is 108 cm³/mol. The van der Waals surface area contributed by atoms with E-state index in [-0.39, 0.29) is 5.97 Å². The van der Waals surface area contributed by atoms with Crippen molar-refractivity contribution in [1.82, 2.24) is 4.37 Å². The molecule has 5 heteroatoms. The van der Waals surface area contributed by atoms with Gasteiger partial charge in [-0.05, 0) is 79.0 Å². The molecule has 1 fully saturated rings. The first kappa shape index (κ1) is 18.0. The van der Waals surface area contributed by atoms with Crippen LogP contribution in [-0.2, 0) is 16.0 Å². The van der Waals surface area contributed by atoms with Gasteiger partial charge < -0.3 is 9.47 Å². The number of nitrogens with zero attached hydrogens (tertiary/aromatic N) is 1. The average Bonchev–Trinajstić information content (AvgIpc) is 3.37. The molecule has 0 atom stereocenters. The molecule has 1 heterocycles. The summed E-state index contributed by atoms with van der Waals surface area (Å²) in [6, 6.07) is 12.6. The normalized spacial score (nSPS) is 14.6. The number of methoxy groups -OCH3 is 1. The van der Waals surface area contributed by atoms with Crippen LogP contribution in [0.4, 0.5) is 0 Å². The molecule has 2 aromatic carbocycles. The number of esters is 1. The molecule has 0 unspecified atom stereocenters. The third-order valence-corrected chi connectivity index (χ3v) is 5.82. The van der Waals surface area contributed by atoms with Crippen molar-refractivity contribution in [2.75, 3.05) is 7.11 Å². The van der Waals surface area contributed by atoms with Gasteiger partial charge in [-0.3, -0.25) is 4.79 Å². The Morgan fingerprint density at radius 2 is 2.04 bits per heavy atom. The van der Waals surface area contributed by atoms with Crippen molar-refractivity contribution in [3.63, 3.8) is 0 Å². The van der Waals surface area contributed by atoms with Gasteiger partial charge in [-0.1, -0.05) is 12.1 Å². The van der Waals surface area contributed by atoms with Crippen molar-refractivity contribution >= 4 is 28.4 Å². The summed E-state index contributed by atoms with van der Waals surface area (Å²) in [6.45, 7) is 0. The van der Waals surface area contributed by atoms with Crippen LogP contribution in [0.3, 0.4) is 0 Å². The standard InChI is InChI=1S/C22H23NO3S/c1-25-22(24)11-7-15-6-10-21(26-18-4-2-3-5-18)19(12-15)16-8-9-20-17(13-16)14-27-23-20/h6,8-10,12-14,18H,2-5,7,11H2,1H3. The zero-order valence-corrected chi connectivity index (χ0v) is 16.3. The quantitative estimate of drug-likeness (QED) is 0.537. The van der Waals surface area contributed by atoms with Gasteiger partial charge in [0.25, 0.3) is 0 Å². The number of hydrogen-bond acceptors (Lipinski definition) is 5. The van der Waals surface area contributed by atoms with Gasteiger partial charge in [0.15, 0.2) is 0 Å². The molecule has 1 aliphatic rings. The molecule has 4 nitrogen and oxygen atoms in total. The molecule has 1 saturated carbocycles. The highest BCUT2D eigenvalue weighted by Crippen LogP contribution is 2.36. The number of rotatable bonds is 6. The summed E-state index contributed by atoms with van der Waals surface area (Å²) in [4.78, 5) is 11.5. The number of aromatic nitrogens is 1. The summed E-state index contributed by atoms with van der Waals surface area (Å²) >= 11 is 1.47. The number of ether oxygens (including phenoxy) is 2. The first-order valence-electron chi connectivity index (χ1n) is 9.44. The number of benzene rings is 2. The smallest absolute Gasteiger partial charge is 0.305 e. The minimum Gasteiger partial charge on any atom is -0.490 e. The van der Waals surface area contributed by atoms with Crippen molar-refractivity contribution in [3.05, 3.63) is 47.3 Å². The Bertz CT molecular complexity index is 944. The van der Waals surface area contributed by atoms with E-state index >= 15 is 0 Å². The van der Waals surface area contributed by atoms with E-state index in [1.807, 2.05) is 0 Å². The Morgan fingerprint density at radius 3 is 2.85 bits per heavy atom. The lowest BCUT2D eigenvalue weighted by atomic mass is 9.98. The number of aryl methyl sites for hydroxylation is 1. The van der Waals surface area contributed by atoms with Crippen LogP contribution in [0.5, 0.6) is 5.75 Å². The number of carbonyl (C=O) groups excluding carboxylic acids is 1. The molecule has 1 aromatic heterocycles. The Balaban J connectivity index is 1.68. The molecular formula is C22H23NO3S. The van der Waals surface area contributed by atoms with E-state index in [0.717, 1.165) is 46.2 Å². The molecule has 0 N–H and O–H groups in total. The van der Waals surface area contributed by atoms with Crippen LogP contribution < -0.4 is 4.74 Å². The molecule has 4 rings (SSSR count). The zero-order chi connectivity index (χ0) is 18.6. The van der Waals surface area contributed by atoms with Crippen molar-refractivity contribution in [2.24, 2.45) is 0 Å². The number of hydrogen-bond donors (Lipinski definition) is 0. The van der Waals surface area contributed by atoms with Gasteiger partial charge in [-0.15, -0.1) is 0 Å². The van der Waals surface area contributed by atoms with Crippen LogP contribution >= 0.6 is 11.5 Å². The van der Waals surface area contributed by atoms with Crippen LogP contribution in [0.2, 0.25) is 0 Å². The maximum absolute atomic E-state index is 11.5. The predicted octanol–water partition coefficient (Wildman–Crippen LogP) is 5.39. The van der Waals surface area contributed by atoms with Gasteiger partial charge in [0, 0.05) is 22.8 Å². The maximum atomic E-state index is 11.5. The third kappa shape index (κ3) is 4.14. The zero-order valence-electron chi connectivity index (χ0n) is 15.4. The average molecular weight is 381 g/mol. The molecular weight excluding hydrogens is 358 g/mol. The van der Waals surface area contributed by atoms with E-state index in [0.29, 0.717) is 18.9 Å². The molecule has 27 heavy (non-hydrogen) atoms. The molecule has 0 bridgehead atoms. The lowest BCUT2D eigenvalue weighted by molar-refractivity contribution is -0.140.